The van der Waals surface area contributed by atoms with Crippen molar-refractivity contribution in [3.63, 3.8) is 0 Å². The summed E-state index contributed by atoms with van der Waals surface area (Å²) in [4.78, 5) is 43.5. The molecule has 2 heterocycles. The summed E-state index contributed by atoms with van der Waals surface area (Å²) >= 11 is 12.2. The summed E-state index contributed by atoms with van der Waals surface area (Å²) in [5.74, 6) is -2.17. The molecule has 2 aromatic carbocycles. The fraction of sp³-hybridized carbons (Fsp3) is 0.304. The van der Waals surface area contributed by atoms with Gasteiger partial charge in [0.2, 0.25) is 11.7 Å². The molecule has 13 heteroatoms. The fourth-order valence-electron chi connectivity index (χ4n) is 4.20. The zero-order valence-corrected chi connectivity index (χ0v) is 20.4. The van der Waals surface area contributed by atoms with Gasteiger partial charge in [0, 0.05) is 33.1 Å². The number of amides is 2. The molecule has 1 N–H and O–H groups in total. The Kier molecular flexibility index (Phi) is 7.26. The minimum Gasteiger partial charge on any atom is -0.340 e. The van der Waals surface area contributed by atoms with Gasteiger partial charge < -0.3 is 10.2 Å². The van der Waals surface area contributed by atoms with E-state index in [1.807, 2.05) is 0 Å². The van der Waals surface area contributed by atoms with Crippen molar-refractivity contribution in [3.8, 4) is 0 Å². The molecule has 1 aliphatic rings. The quantitative estimate of drug-likeness (QED) is 0.481. The van der Waals surface area contributed by atoms with E-state index in [1.165, 1.54) is 37.3 Å². The largest absolute Gasteiger partial charge is 0.449 e. The summed E-state index contributed by atoms with van der Waals surface area (Å²) < 4.78 is 43.1. The van der Waals surface area contributed by atoms with Crippen molar-refractivity contribution in [2.24, 2.45) is 0 Å². The van der Waals surface area contributed by atoms with Gasteiger partial charge in [0.05, 0.1) is 26.8 Å². The average Bonchev–Trinajstić information content (AvgIpc) is 3.21. The van der Waals surface area contributed by atoms with Crippen molar-refractivity contribution in [1.29, 1.82) is 0 Å². The monoisotopic (exact) mass is 541 g/mol. The Bertz CT molecular complexity index is 1320. The van der Waals surface area contributed by atoms with E-state index >= 15 is 0 Å². The molecular formula is C23H20Cl2F3N5O3. The molecule has 1 fully saturated rings. The minimum absolute atomic E-state index is 0.00326. The topological polar surface area (TPSA) is 87.5 Å². The second kappa shape index (κ2) is 10.1. The number of carbonyl (C=O) groups excluding carboxylic acids is 3. The maximum Gasteiger partial charge on any atom is 0.449 e. The van der Waals surface area contributed by atoms with Gasteiger partial charge in [-0.1, -0.05) is 35.3 Å². The Morgan fingerprint density at radius 1 is 1.06 bits per heavy atom. The Morgan fingerprint density at radius 2 is 1.67 bits per heavy atom. The number of benzene rings is 2. The zero-order chi connectivity index (χ0) is 26.2. The third-order valence-corrected chi connectivity index (χ3v) is 6.56. The van der Waals surface area contributed by atoms with E-state index < -0.39 is 24.1 Å². The van der Waals surface area contributed by atoms with Gasteiger partial charge in [-0.25, -0.2) is 4.98 Å². The van der Waals surface area contributed by atoms with E-state index in [2.05, 4.69) is 10.3 Å². The molecule has 1 atom stereocenters. The van der Waals surface area contributed by atoms with Crippen LogP contribution in [0.1, 0.15) is 29.3 Å². The SMILES string of the molecule is CC(=O)N1CCN(C(C=O)n2c(C(F)(F)F)nc3c(NC(=O)c4c(Cl)cccc4Cl)cccc32)CC1. The number of aldehydes is 1. The molecule has 4 rings (SSSR count). The lowest BCUT2D eigenvalue weighted by Gasteiger charge is -2.37. The number of halogens is 5. The second-order valence-electron chi connectivity index (χ2n) is 8.12. The third-order valence-electron chi connectivity index (χ3n) is 5.93. The lowest BCUT2D eigenvalue weighted by molar-refractivity contribution is -0.149. The summed E-state index contributed by atoms with van der Waals surface area (Å²) in [5, 5.41) is 2.67. The highest BCUT2D eigenvalue weighted by Gasteiger charge is 2.41. The Hall–Kier alpha value is -3.15. The van der Waals surface area contributed by atoms with Crippen molar-refractivity contribution >= 4 is 58.0 Å². The Balaban J connectivity index is 1.77. The van der Waals surface area contributed by atoms with Gasteiger partial charge >= 0.3 is 6.18 Å². The molecule has 0 saturated carbocycles. The van der Waals surface area contributed by atoms with Gasteiger partial charge in [0.25, 0.3) is 5.91 Å². The molecule has 1 saturated heterocycles. The van der Waals surface area contributed by atoms with Crippen LogP contribution in [0.2, 0.25) is 10.0 Å². The molecule has 0 aliphatic carbocycles. The average molecular weight is 542 g/mol. The number of carbonyl (C=O) groups is 3. The van der Waals surface area contributed by atoms with Gasteiger partial charge in [-0.2, -0.15) is 13.2 Å². The summed E-state index contributed by atoms with van der Waals surface area (Å²) in [6.45, 7) is 2.34. The normalized spacial score (nSPS) is 15.7. The van der Waals surface area contributed by atoms with Crippen molar-refractivity contribution in [1.82, 2.24) is 19.4 Å². The van der Waals surface area contributed by atoms with Crippen LogP contribution in [-0.4, -0.2) is 63.6 Å². The van der Waals surface area contributed by atoms with E-state index in [0.717, 1.165) is 4.57 Å². The molecule has 2 amide bonds. The third kappa shape index (κ3) is 4.91. The highest BCUT2D eigenvalue weighted by atomic mass is 35.5. The van der Waals surface area contributed by atoms with E-state index in [0.29, 0.717) is 6.29 Å². The van der Waals surface area contributed by atoms with Crippen molar-refractivity contribution in [3.05, 3.63) is 57.8 Å². The lowest BCUT2D eigenvalue weighted by atomic mass is 10.2. The first kappa shape index (κ1) is 25.9. The summed E-state index contributed by atoms with van der Waals surface area (Å²) in [7, 11) is 0. The number of anilines is 1. The fourth-order valence-corrected chi connectivity index (χ4v) is 4.77. The smallest absolute Gasteiger partial charge is 0.340 e. The number of alkyl halides is 3. The number of aromatic nitrogens is 2. The summed E-state index contributed by atoms with van der Waals surface area (Å²) in [6.07, 6.45) is -5.81. The molecule has 0 radical (unpaired) electrons. The van der Waals surface area contributed by atoms with Crippen molar-refractivity contribution in [2.75, 3.05) is 31.5 Å². The Labute approximate surface area is 213 Å². The molecule has 1 unspecified atom stereocenters. The van der Waals surface area contributed by atoms with Gasteiger partial charge in [0.15, 0.2) is 6.29 Å². The van der Waals surface area contributed by atoms with Crippen LogP contribution in [0.3, 0.4) is 0 Å². The summed E-state index contributed by atoms with van der Waals surface area (Å²) in [5.41, 5.74) is -0.210. The first-order valence-corrected chi connectivity index (χ1v) is 11.6. The molecule has 8 nitrogen and oxygen atoms in total. The first-order chi connectivity index (χ1) is 17.0. The van der Waals surface area contributed by atoms with E-state index in [4.69, 9.17) is 23.2 Å². The number of nitrogens with zero attached hydrogens (tertiary/aromatic N) is 4. The van der Waals surface area contributed by atoms with Crippen molar-refractivity contribution in [2.45, 2.75) is 19.3 Å². The molecular weight excluding hydrogens is 522 g/mol. The van der Waals surface area contributed by atoms with Crippen LogP contribution in [0, 0.1) is 0 Å². The predicted octanol–water partition coefficient (Wildman–Crippen LogP) is 4.48. The first-order valence-electron chi connectivity index (χ1n) is 10.8. The molecule has 190 valence electrons. The van der Waals surface area contributed by atoms with Crippen LogP contribution in [0.4, 0.5) is 18.9 Å². The van der Waals surface area contributed by atoms with Crippen molar-refractivity contribution < 1.29 is 27.6 Å². The minimum atomic E-state index is -4.89. The number of imidazole rings is 1. The number of nitrogens with one attached hydrogen (secondary N) is 1. The maximum atomic E-state index is 14.1. The lowest BCUT2D eigenvalue weighted by Crippen LogP contribution is -2.50. The number of fused-ring (bicyclic) bond motifs is 1. The van der Waals surface area contributed by atoms with Crippen LogP contribution in [0.5, 0.6) is 0 Å². The molecule has 0 spiro atoms. The standard InChI is InChI=1S/C23H20Cl2F3N5O3/c1-13(35)31-8-10-32(11-9-31)18(12-34)33-17-7-3-6-16(20(17)30-22(33)23(26,27)28)29-21(36)19-14(24)4-2-5-15(19)25/h2-7,12,18H,8-11H2,1H3,(H,29,36). The molecule has 36 heavy (non-hydrogen) atoms. The van der Waals surface area contributed by atoms with E-state index in [9.17, 15) is 27.6 Å². The number of rotatable bonds is 5. The van der Waals surface area contributed by atoms with Gasteiger partial charge in [-0.3, -0.25) is 23.9 Å². The van der Waals surface area contributed by atoms with E-state index in [1.54, 1.807) is 15.9 Å². The highest BCUT2D eigenvalue weighted by molar-refractivity contribution is 6.40. The van der Waals surface area contributed by atoms with Crippen LogP contribution in [0.25, 0.3) is 11.0 Å². The molecule has 0 bridgehead atoms. The second-order valence-corrected chi connectivity index (χ2v) is 8.93. The van der Waals surface area contributed by atoms with Gasteiger partial charge in [-0.05, 0) is 24.3 Å². The number of piperazine rings is 1. The van der Waals surface area contributed by atoms with Crippen LogP contribution in [-0.2, 0) is 15.8 Å². The predicted molar refractivity (Wildman–Crippen MR) is 128 cm³/mol. The molecule has 1 aromatic heterocycles. The number of para-hydroxylation sites is 1. The Morgan fingerprint density at radius 3 is 2.22 bits per heavy atom. The zero-order valence-electron chi connectivity index (χ0n) is 18.9. The van der Waals surface area contributed by atoms with E-state index in [-0.39, 0.29) is 64.4 Å². The highest BCUT2D eigenvalue weighted by Crippen LogP contribution is 2.37. The van der Waals surface area contributed by atoms with Crippen LogP contribution in [0.15, 0.2) is 36.4 Å². The van der Waals surface area contributed by atoms with Gasteiger partial charge in [0.1, 0.15) is 11.7 Å². The molecule has 3 aromatic rings. The maximum absolute atomic E-state index is 14.1. The van der Waals surface area contributed by atoms with Gasteiger partial charge in [-0.15, -0.1) is 0 Å². The number of hydrogen-bond donors (Lipinski definition) is 1. The van der Waals surface area contributed by atoms with Crippen LogP contribution >= 0.6 is 23.2 Å². The number of hydrogen-bond acceptors (Lipinski definition) is 5. The molecule has 1 aliphatic heterocycles. The summed E-state index contributed by atoms with van der Waals surface area (Å²) in [6, 6.07) is 8.69. The van der Waals surface area contributed by atoms with Crippen LogP contribution < -0.4 is 5.32 Å².